The van der Waals surface area contributed by atoms with Crippen LogP contribution in [0.15, 0.2) is 0 Å². The van der Waals surface area contributed by atoms with E-state index in [4.69, 9.17) is 34.8 Å². The van der Waals surface area contributed by atoms with Crippen LogP contribution in [-0.4, -0.2) is 9.97 Å². The van der Waals surface area contributed by atoms with E-state index in [0.717, 1.165) is 6.92 Å². The highest BCUT2D eigenvalue weighted by Gasteiger charge is 2.48. The summed E-state index contributed by atoms with van der Waals surface area (Å²) in [7, 11) is 0. The molecule has 0 aliphatic heterocycles. The van der Waals surface area contributed by atoms with Crippen LogP contribution >= 0.6 is 34.8 Å². The first-order chi connectivity index (χ1) is 4.15. The van der Waals surface area contributed by atoms with Gasteiger partial charge in [-0.2, -0.15) is 13.2 Å². The van der Waals surface area contributed by atoms with E-state index in [1.165, 1.54) is 0 Å². The predicted molar refractivity (Wildman–Crippen MR) is 35.5 cm³/mol. The number of alkyl halides is 6. The van der Waals surface area contributed by atoms with Crippen molar-refractivity contribution in [2.24, 2.45) is 5.92 Å². The van der Waals surface area contributed by atoms with Gasteiger partial charge in [-0.25, -0.2) is 0 Å². The second-order valence-corrected chi connectivity index (χ2v) is 4.17. The summed E-state index contributed by atoms with van der Waals surface area (Å²) in [6, 6.07) is 0. The molecule has 1 atom stereocenters. The Morgan fingerprint density at radius 2 is 1.40 bits per heavy atom. The smallest absolute Gasteiger partial charge is 0.171 e. The fourth-order valence-corrected chi connectivity index (χ4v) is 0.557. The first kappa shape index (κ1) is 10.7. The molecule has 10 heavy (non-hydrogen) atoms. The van der Waals surface area contributed by atoms with Crippen molar-refractivity contribution in [3.05, 3.63) is 0 Å². The van der Waals surface area contributed by atoms with Crippen molar-refractivity contribution in [2.45, 2.75) is 16.9 Å². The van der Waals surface area contributed by atoms with Crippen LogP contribution in [0.25, 0.3) is 0 Å². The molecule has 6 heteroatoms. The van der Waals surface area contributed by atoms with Gasteiger partial charge in [0.25, 0.3) is 0 Å². The maximum absolute atomic E-state index is 11.7. The van der Waals surface area contributed by atoms with E-state index >= 15 is 0 Å². The SMILES string of the molecule is CC(C(F)(F)F)C(Cl)(Cl)Cl. The predicted octanol–water partition coefficient (Wildman–Crippen LogP) is 3.56. The lowest BCUT2D eigenvalue weighted by molar-refractivity contribution is -0.168. The Balaban J connectivity index is 4.23. The van der Waals surface area contributed by atoms with Crippen molar-refractivity contribution in [1.29, 1.82) is 0 Å². The zero-order chi connectivity index (χ0) is 8.58. The molecule has 0 rings (SSSR count). The van der Waals surface area contributed by atoms with Crippen molar-refractivity contribution in [3.63, 3.8) is 0 Å². The molecule has 0 saturated heterocycles. The molecule has 0 bridgehead atoms. The van der Waals surface area contributed by atoms with Crippen LogP contribution < -0.4 is 0 Å². The Bertz CT molecular complexity index is 99.9. The quantitative estimate of drug-likeness (QED) is 0.542. The Morgan fingerprint density at radius 3 is 1.40 bits per heavy atom. The first-order valence-corrected chi connectivity index (χ1v) is 3.42. The maximum atomic E-state index is 11.7. The van der Waals surface area contributed by atoms with Crippen LogP contribution in [-0.2, 0) is 0 Å². The van der Waals surface area contributed by atoms with E-state index in [0.29, 0.717) is 0 Å². The molecular weight excluding hydrogens is 211 g/mol. The van der Waals surface area contributed by atoms with E-state index in [1.54, 1.807) is 0 Å². The zero-order valence-electron chi connectivity index (χ0n) is 4.85. The van der Waals surface area contributed by atoms with E-state index in [2.05, 4.69) is 0 Å². The van der Waals surface area contributed by atoms with Gasteiger partial charge in [-0.3, -0.25) is 0 Å². The summed E-state index contributed by atoms with van der Waals surface area (Å²) in [6.07, 6.45) is -4.45. The van der Waals surface area contributed by atoms with Crippen LogP contribution in [0.2, 0.25) is 0 Å². The average molecular weight is 215 g/mol. The molecule has 0 aliphatic rings. The summed E-state index contributed by atoms with van der Waals surface area (Å²) in [5.74, 6) is -1.94. The van der Waals surface area contributed by atoms with Crippen molar-refractivity contribution < 1.29 is 13.2 Å². The fourth-order valence-electron chi connectivity index (χ4n) is 0.186. The van der Waals surface area contributed by atoms with Crippen molar-refractivity contribution >= 4 is 34.8 Å². The van der Waals surface area contributed by atoms with Gasteiger partial charge in [0.2, 0.25) is 3.79 Å². The highest BCUT2D eigenvalue weighted by atomic mass is 35.6. The third-order valence-corrected chi connectivity index (χ3v) is 1.96. The molecule has 0 aliphatic carbocycles. The Kier molecular flexibility index (Phi) is 3.15. The van der Waals surface area contributed by atoms with Gasteiger partial charge in [-0.1, -0.05) is 34.8 Å². The maximum Gasteiger partial charge on any atom is 0.395 e. The molecule has 0 heterocycles. The minimum absolute atomic E-state index is 0.813. The molecule has 1 unspecified atom stereocenters. The molecule has 0 aromatic rings. The van der Waals surface area contributed by atoms with Gasteiger partial charge in [0.1, 0.15) is 0 Å². The monoisotopic (exact) mass is 214 g/mol. The summed E-state index contributed by atoms with van der Waals surface area (Å²) < 4.78 is 32.8. The number of halogens is 6. The van der Waals surface area contributed by atoms with Crippen LogP contribution in [0.4, 0.5) is 13.2 Å². The zero-order valence-corrected chi connectivity index (χ0v) is 7.11. The van der Waals surface area contributed by atoms with E-state index in [1.807, 2.05) is 0 Å². The van der Waals surface area contributed by atoms with Gasteiger partial charge < -0.3 is 0 Å². The van der Waals surface area contributed by atoms with E-state index < -0.39 is 15.9 Å². The molecule has 0 spiro atoms. The number of hydrogen-bond acceptors (Lipinski definition) is 0. The van der Waals surface area contributed by atoms with Crippen molar-refractivity contribution in [1.82, 2.24) is 0 Å². The molecule has 0 aromatic heterocycles. The Hall–Kier alpha value is 0.660. The number of rotatable bonds is 0. The van der Waals surface area contributed by atoms with E-state index in [-0.39, 0.29) is 0 Å². The van der Waals surface area contributed by atoms with Crippen LogP contribution in [0.5, 0.6) is 0 Å². The summed E-state index contributed by atoms with van der Waals surface area (Å²) in [4.78, 5) is 0. The van der Waals surface area contributed by atoms with Crippen LogP contribution in [0.1, 0.15) is 6.92 Å². The third kappa shape index (κ3) is 3.17. The minimum Gasteiger partial charge on any atom is -0.171 e. The normalized spacial score (nSPS) is 17.1. The van der Waals surface area contributed by atoms with Gasteiger partial charge in [-0.15, -0.1) is 0 Å². The van der Waals surface area contributed by atoms with Crippen LogP contribution in [0.3, 0.4) is 0 Å². The lowest BCUT2D eigenvalue weighted by atomic mass is 10.2. The molecule has 0 nitrogen and oxygen atoms in total. The largest absolute Gasteiger partial charge is 0.395 e. The summed E-state index contributed by atoms with van der Waals surface area (Å²) in [6.45, 7) is 0.813. The first-order valence-electron chi connectivity index (χ1n) is 2.29. The standard InChI is InChI=1S/C4H4Cl3F3/c1-2(3(5,6)7)4(8,9)10/h2H,1H3. The second-order valence-electron chi connectivity index (χ2n) is 1.80. The summed E-state index contributed by atoms with van der Waals surface area (Å²) in [5.41, 5.74) is 0. The van der Waals surface area contributed by atoms with E-state index in [9.17, 15) is 13.2 Å². The molecule has 0 radical (unpaired) electrons. The molecular formula is C4H4Cl3F3. The van der Waals surface area contributed by atoms with Crippen LogP contribution in [0, 0.1) is 5.92 Å². The molecule has 0 saturated carbocycles. The fraction of sp³-hybridized carbons (Fsp3) is 1.00. The molecule has 0 aromatic carbocycles. The van der Waals surface area contributed by atoms with Gasteiger partial charge in [0.15, 0.2) is 0 Å². The Labute approximate surface area is 71.2 Å². The lowest BCUT2D eigenvalue weighted by Crippen LogP contribution is -2.31. The highest BCUT2D eigenvalue weighted by Crippen LogP contribution is 2.43. The third-order valence-electron chi connectivity index (χ3n) is 0.982. The number of hydrogen-bond donors (Lipinski definition) is 0. The second kappa shape index (κ2) is 2.95. The van der Waals surface area contributed by atoms with Gasteiger partial charge in [0, 0.05) is 0 Å². The molecule has 0 N–H and O–H groups in total. The van der Waals surface area contributed by atoms with Crippen molar-refractivity contribution in [2.75, 3.05) is 0 Å². The molecule has 0 amide bonds. The summed E-state index contributed by atoms with van der Waals surface area (Å²) >= 11 is 14.9. The van der Waals surface area contributed by atoms with Gasteiger partial charge in [-0.05, 0) is 6.92 Å². The molecule has 62 valence electrons. The highest BCUT2D eigenvalue weighted by molar-refractivity contribution is 6.67. The topological polar surface area (TPSA) is 0 Å². The average Bonchev–Trinajstić information content (AvgIpc) is 1.59. The lowest BCUT2D eigenvalue weighted by Gasteiger charge is -2.22. The molecule has 0 fully saturated rings. The minimum atomic E-state index is -4.45. The van der Waals surface area contributed by atoms with Gasteiger partial charge >= 0.3 is 6.18 Å². The Morgan fingerprint density at radius 1 is 1.10 bits per heavy atom. The van der Waals surface area contributed by atoms with Gasteiger partial charge in [0.05, 0.1) is 5.92 Å². The summed E-state index contributed by atoms with van der Waals surface area (Å²) in [5, 5.41) is 0. The van der Waals surface area contributed by atoms with Crippen molar-refractivity contribution in [3.8, 4) is 0 Å².